The number of likely N-dealkylation sites (tertiary alicyclic amines) is 2. The van der Waals surface area contributed by atoms with Crippen molar-refractivity contribution in [2.24, 2.45) is 5.92 Å². The molecule has 3 saturated heterocycles. The molecule has 5 rings (SSSR count). The maximum absolute atomic E-state index is 13.4. The number of rotatable bonds is 7. The number of ketones is 1. The van der Waals surface area contributed by atoms with Crippen molar-refractivity contribution in [1.29, 1.82) is 0 Å². The van der Waals surface area contributed by atoms with Crippen LogP contribution in [0.5, 0.6) is 0 Å². The Morgan fingerprint density at radius 2 is 1.80 bits per heavy atom. The average molecular weight is 484 g/mol. The molecule has 1 aliphatic carbocycles. The average Bonchev–Trinajstić information content (AvgIpc) is 3.55. The van der Waals surface area contributed by atoms with Gasteiger partial charge in [0.2, 0.25) is 5.91 Å². The highest BCUT2D eigenvalue weighted by Crippen LogP contribution is 2.34. The fourth-order valence-corrected chi connectivity index (χ4v) is 5.94. The Bertz CT molecular complexity index is 952. The molecule has 0 spiro atoms. The van der Waals surface area contributed by atoms with Gasteiger partial charge < -0.3 is 25.0 Å². The number of piperidine rings is 1. The summed E-state index contributed by atoms with van der Waals surface area (Å²) in [5, 5.41) is 13.2. The number of hydrogen-bond donors (Lipinski definition) is 2. The van der Waals surface area contributed by atoms with Crippen LogP contribution in [0.4, 0.5) is 0 Å². The van der Waals surface area contributed by atoms with E-state index in [1.165, 1.54) is 23.3 Å². The van der Waals surface area contributed by atoms with Crippen LogP contribution in [-0.4, -0.2) is 89.1 Å². The van der Waals surface area contributed by atoms with Crippen molar-refractivity contribution in [2.75, 3.05) is 26.2 Å². The van der Waals surface area contributed by atoms with E-state index in [-0.39, 0.29) is 36.7 Å². The molecular formula is C27H37N3O5. The number of aliphatic hydroxyl groups is 1. The summed E-state index contributed by atoms with van der Waals surface area (Å²) in [6.45, 7) is 6.22. The summed E-state index contributed by atoms with van der Waals surface area (Å²) in [7, 11) is 0. The lowest BCUT2D eigenvalue weighted by Gasteiger charge is -2.32. The Labute approximate surface area is 207 Å². The summed E-state index contributed by atoms with van der Waals surface area (Å²) in [4.78, 5) is 42.8. The number of carbonyl (C=O) groups excluding carboxylic acids is 3. The van der Waals surface area contributed by atoms with Gasteiger partial charge in [-0.25, -0.2) is 0 Å². The lowest BCUT2D eigenvalue weighted by molar-refractivity contribution is -0.138. The van der Waals surface area contributed by atoms with Gasteiger partial charge in [0.05, 0.1) is 6.54 Å². The molecule has 190 valence electrons. The Balaban J connectivity index is 1.23. The molecule has 8 heteroatoms. The topological polar surface area (TPSA) is 99.2 Å². The lowest BCUT2D eigenvalue weighted by Crippen LogP contribution is -2.52. The van der Waals surface area contributed by atoms with Crippen molar-refractivity contribution in [3.05, 3.63) is 35.4 Å². The van der Waals surface area contributed by atoms with Crippen LogP contribution < -0.4 is 5.32 Å². The fraction of sp³-hybridized carbons (Fsp3) is 0.667. The molecule has 35 heavy (non-hydrogen) atoms. The predicted octanol–water partition coefficient (Wildman–Crippen LogP) is 1.71. The molecule has 4 atom stereocenters. The van der Waals surface area contributed by atoms with Crippen molar-refractivity contribution < 1.29 is 24.2 Å². The molecule has 1 saturated carbocycles. The van der Waals surface area contributed by atoms with Gasteiger partial charge in [-0.3, -0.25) is 14.4 Å². The van der Waals surface area contributed by atoms with Gasteiger partial charge in [0.1, 0.15) is 30.9 Å². The number of amides is 2. The van der Waals surface area contributed by atoms with Gasteiger partial charge in [-0.05, 0) is 74.7 Å². The fourth-order valence-electron chi connectivity index (χ4n) is 5.94. The molecule has 4 aliphatic rings. The van der Waals surface area contributed by atoms with E-state index in [9.17, 15) is 19.5 Å². The molecule has 3 heterocycles. The largest absolute Gasteiger partial charge is 0.388 e. The Kier molecular flexibility index (Phi) is 6.97. The molecule has 2 N–H and O–H groups in total. The second kappa shape index (κ2) is 9.99. The zero-order chi connectivity index (χ0) is 24.7. The summed E-state index contributed by atoms with van der Waals surface area (Å²) < 4.78 is 5.39. The van der Waals surface area contributed by atoms with Crippen molar-refractivity contribution in [3.8, 4) is 0 Å². The van der Waals surface area contributed by atoms with Crippen LogP contribution in [0.1, 0.15) is 67.8 Å². The van der Waals surface area contributed by atoms with E-state index in [2.05, 4.69) is 10.2 Å². The van der Waals surface area contributed by atoms with Crippen LogP contribution >= 0.6 is 0 Å². The third-order valence-corrected chi connectivity index (χ3v) is 7.99. The molecule has 1 unspecified atom stereocenters. The highest BCUT2D eigenvalue weighted by atomic mass is 16.5. The van der Waals surface area contributed by atoms with E-state index in [0.717, 1.165) is 32.0 Å². The molecule has 3 aliphatic heterocycles. The number of ether oxygens (including phenoxy) is 1. The molecule has 1 aromatic carbocycles. The quantitative estimate of drug-likeness (QED) is 0.613. The first kappa shape index (κ1) is 24.4. The van der Waals surface area contributed by atoms with Crippen molar-refractivity contribution in [1.82, 2.24) is 15.1 Å². The molecule has 8 nitrogen and oxygen atoms in total. The van der Waals surface area contributed by atoms with Crippen LogP contribution in [-0.2, 0) is 14.3 Å². The van der Waals surface area contributed by atoms with Crippen molar-refractivity contribution >= 4 is 17.6 Å². The van der Waals surface area contributed by atoms with Gasteiger partial charge in [0.15, 0.2) is 5.78 Å². The zero-order valence-corrected chi connectivity index (χ0v) is 20.7. The Morgan fingerprint density at radius 1 is 1.11 bits per heavy atom. The van der Waals surface area contributed by atoms with Crippen LogP contribution in [0.3, 0.4) is 0 Å². The standard InChI is InChI=1S/C27H37N3O5/c1-16(2)13-21(27(34)30-14-22(31)25-24(30)23(32)15-35-25)28-26(33)19-5-3-17(4-6-19)18-9-11-29(12-10-18)20-7-8-20/h3-6,16,18,20-22,24-25,31H,7-15H2,1-2H3,(H,28,33)/t21?,22-,24+,25+/m0/s1. The number of fused-ring (bicyclic) bond motifs is 1. The summed E-state index contributed by atoms with van der Waals surface area (Å²) in [6.07, 6.45) is 3.87. The number of carbonyl (C=O) groups is 3. The van der Waals surface area contributed by atoms with E-state index in [4.69, 9.17) is 4.74 Å². The first-order valence-corrected chi connectivity index (χ1v) is 13.1. The number of Topliss-reactive ketones (excluding diaryl/α,β-unsaturated/α-hetero) is 1. The second-order valence-corrected chi connectivity index (χ2v) is 11.1. The highest BCUT2D eigenvalue weighted by Gasteiger charge is 2.52. The normalized spacial score (nSPS) is 28.4. The van der Waals surface area contributed by atoms with Crippen LogP contribution in [0.25, 0.3) is 0 Å². The first-order valence-electron chi connectivity index (χ1n) is 13.1. The Hall–Kier alpha value is -2.29. The number of benzene rings is 1. The monoisotopic (exact) mass is 483 g/mol. The minimum absolute atomic E-state index is 0.0403. The number of β-amino-alcohol motifs (C(OH)–C–C–N with tert-alkyl or cyclic N) is 1. The minimum Gasteiger partial charge on any atom is -0.388 e. The summed E-state index contributed by atoms with van der Waals surface area (Å²) in [5.41, 5.74) is 1.79. The first-order chi connectivity index (χ1) is 16.8. The maximum atomic E-state index is 13.4. The molecule has 4 fully saturated rings. The van der Waals surface area contributed by atoms with E-state index in [1.54, 1.807) is 0 Å². The van der Waals surface area contributed by atoms with Crippen LogP contribution in [0.15, 0.2) is 24.3 Å². The number of hydrogen-bond acceptors (Lipinski definition) is 6. The van der Waals surface area contributed by atoms with Gasteiger partial charge in [0.25, 0.3) is 5.91 Å². The third kappa shape index (κ3) is 5.15. The highest BCUT2D eigenvalue weighted by molar-refractivity contribution is 5.99. The van der Waals surface area contributed by atoms with Crippen molar-refractivity contribution in [2.45, 2.75) is 82.2 Å². The summed E-state index contributed by atoms with van der Waals surface area (Å²) >= 11 is 0. The smallest absolute Gasteiger partial charge is 0.251 e. The third-order valence-electron chi connectivity index (χ3n) is 7.99. The Morgan fingerprint density at radius 3 is 2.43 bits per heavy atom. The predicted molar refractivity (Wildman–Crippen MR) is 130 cm³/mol. The summed E-state index contributed by atoms with van der Waals surface area (Å²) in [6, 6.07) is 7.06. The molecule has 0 aromatic heterocycles. The van der Waals surface area contributed by atoms with E-state index >= 15 is 0 Å². The molecule has 0 bridgehead atoms. The summed E-state index contributed by atoms with van der Waals surface area (Å²) in [5.74, 6) is -0.154. The van der Waals surface area contributed by atoms with Gasteiger partial charge in [0, 0.05) is 11.6 Å². The van der Waals surface area contributed by atoms with Crippen LogP contribution in [0.2, 0.25) is 0 Å². The SMILES string of the molecule is CC(C)CC(NC(=O)c1ccc(C2CCN(C3CC3)CC2)cc1)C(=O)N1C[C@H](O)[C@H]2OCC(=O)[C@H]21. The number of nitrogens with zero attached hydrogens (tertiary/aromatic N) is 2. The van der Waals surface area contributed by atoms with Gasteiger partial charge >= 0.3 is 0 Å². The minimum atomic E-state index is -0.894. The van der Waals surface area contributed by atoms with Gasteiger partial charge in [-0.1, -0.05) is 26.0 Å². The molecular weight excluding hydrogens is 446 g/mol. The van der Waals surface area contributed by atoms with E-state index < -0.39 is 24.3 Å². The van der Waals surface area contributed by atoms with E-state index in [0.29, 0.717) is 17.9 Å². The second-order valence-electron chi connectivity index (χ2n) is 11.1. The van der Waals surface area contributed by atoms with Gasteiger partial charge in [-0.15, -0.1) is 0 Å². The van der Waals surface area contributed by atoms with Crippen molar-refractivity contribution in [3.63, 3.8) is 0 Å². The molecule has 1 aromatic rings. The van der Waals surface area contributed by atoms with Gasteiger partial charge in [-0.2, -0.15) is 0 Å². The van der Waals surface area contributed by atoms with Crippen LogP contribution in [0, 0.1) is 5.92 Å². The molecule has 2 amide bonds. The number of nitrogens with one attached hydrogen (secondary N) is 1. The van der Waals surface area contributed by atoms with E-state index in [1.807, 2.05) is 38.1 Å². The number of aliphatic hydroxyl groups excluding tert-OH is 1. The maximum Gasteiger partial charge on any atom is 0.251 e. The lowest BCUT2D eigenvalue weighted by atomic mass is 9.89. The molecule has 0 radical (unpaired) electrons. The zero-order valence-electron chi connectivity index (χ0n) is 20.7.